The lowest BCUT2D eigenvalue weighted by Crippen LogP contribution is -2.29. The van der Waals surface area contributed by atoms with Crippen molar-refractivity contribution in [2.45, 2.75) is 20.3 Å². The van der Waals surface area contributed by atoms with Gasteiger partial charge in [0, 0.05) is 29.5 Å². The maximum Gasteiger partial charge on any atom is 0.338 e. The molecule has 0 aliphatic rings. The van der Waals surface area contributed by atoms with E-state index < -0.39 is 5.41 Å². The molecule has 2 aromatic rings. The predicted molar refractivity (Wildman–Crippen MR) is 104 cm³/mol. The zero-order chi connectivity index (χ0) is 17.7. The fraction of sp³-hybridized carbons (Fsp3) is 0.444. The van der Waals surface area contributed by atoms with E-state index >= 15 is 0 Å². The Morgan fingerprint density at radius 3 is 2.75 bits per heavy atom. The third-order valence-corrected chi connectivity index (χ3v) is 5.70. The predicted octanol–water partition coefficient (Wildman–Crippen LogP) is 3.62. The van der Waals surface area contributed by atoms with Crippen LogP contribution in [0.15, 0.2) is 39.5 Å². The second-order valence-corrected chi connectivity index (χ2v) is 7.14. The summed E-state index contributed by atoms with van der Waals surface area (Å²) in [7, 11) is 1.91. The molecule has 1 aromatic carbocycles. The highest BCUT2D eigenvalue weighted by molar-refractivity contribution is 14.1. The van der Waals surface area contributed by atoms with Crippen molar-refractivity contribution in [3.63, 3.8) is 0 Å². The summed E-state index contributed by atoms with van der Waals surface area (Å²) in [6.07, 6.45) is 0.689. The Morgan fingerprint density at radius 2 is 2.04 bits per heavy atom. The molecule has 130 valence electrons. The molecule has 0 spiro atoms. The van der Waals surface area contributed by atoms with Crippen LogP contribution < -0.4 is 10.5 Å². The van der Waals surface area contributed by atoms with Crippen molar-refractivity contribution in [3.05, 3.63) is 40.8 Å². The van der Waals surface area contributed by atoms with Crippen LogP contribution in [0.25, 0.3) is 11.0 Å². The number of rotatable bonds is 7. The van der Waals surface area contributed by atoms with Crippen LogP contribution in [0.1, 0.15) is 20.3 Å². The number of carbonyl (C=O) groups is 1. The summed E-state index contributed by atoms with van der Waals surface area (Å²) in [6.45, 7) is 4.79. The van der Waals surface area contributed by atoms with Crippen LogP contribution in [0.5, 0.6) is 0 Å². The van der Waals surface area contributed by atoms with Gasteiger partial charge in [-0.2, -0.15) is 0 Å². The highest BCUT2D eigenvalue weighted by Crippen LogP contribution is 2.24. The number of fused-ring (bicyclic) bond motifs is 1. The van der Waals surface area contributed by atoms with Crippen molar-refractivity contribution in [1.82, 2.24) is 0 Å². The van der Waals surface area contributed by atoms with Crippen molar-refractivity contribution in [2.24, 2.45) is 5.41 Å². The SMILES string of the molecule is CN(CCCOC(=O)C(C)(C)CI)c1cc(=O)oc2ccccc12. The second kappa shape index (κ2) is 8.00. The molecule has 0 radical (unpaired) electrons. The molecule has 0 saturated carbocycles. The lowest BCUT2D eigenvalue weighted by Gasteiger charge is -2.22. The molecule has 0 saturated heterocycles. The minimum Gasteiger partial charge on any atom is -0.465 e. The molecular formula is C18H22INO4. The standard InChI is InChI=1S/C18H22INO4/c1-18(2,12-19)17(22)23-10-6-9-20(3)14-11-16(21)24-15-8-5-4-7-13(14)15/h4-5,7-8,11H,6,9-10,12H2,1-3H3. The van der Waals surface area contributed by atoms with E-state index in [1.54, 1.807) is 6.07 Å². The van der Waals surface area contributed by atoms with Gasteiger partial charge in [-0.3, -0.25) is 4.79 Å². The van der Waals surface area contributed by atoms with E-state index in [9.17, 15) is 9.59 Å². The van der Waals surface area contributed by atoms with Gasteiger partial charge in [-0.1, -0.05) is 34.7 Å². The summed E-state index contributed by atoms with van der Waals surface area (Å²) in [4.78, 5) is 25.6. The van der Waals surface area contributed by atoms with Gasteiger partial charge < -0.3 is 14.1 Å². The van der Waals surface area contributed by atoms with Crippen LogP contribution >= 0.6 is 22.6 Å². The Hall–Kier alpha value is -1.57. The van der Waals surface area contributed by atoms with Gasteiger partial charge in [0.05, 0.1) is 17.7 Å². The maximum atomic E-state index is 11.9. The minimum absolute atomic E-state index is 0.176. The molecule has 0 amide bonds. The van der Waals surface area contributed by atoms with Crippen LogP contribution in [-0.2, 0) is 9.53 Å². The first-order chi connectivity index (χ1) is 11.3. The number of para-hydroxylation sites is 1. The zero-order valence-corrected chi connectivity index (χ0v) is 16.3. The first-order valence-corrected chi connectivity index (χ1v) is 9.35. The van der Waals surface area contributed by atoms with E-state index in [2.05, 4.69) is 22.6 Å². The summed E-state index contributed by atoms with van der Waals surface area (Å²) >= 11 is 2.19. The number of halogens is 1. The van der Waals surface area contributed by atoms with E-state index in [1.165, 1.54) is 6.07 Å². The molecule has 0 unspecified atom stereocenters. The average molecular weight is 443 g/mol. The smallest absolute Gasteiger partial charge is 0.338 e. The summed E-state index contributed by atoms with van der Waals surface area (Å²) in [5.74, 6) is -0.176. The van der Waals surface area contributed by atoms with E-state index in [0.29, 0.717) is 25.2 Å². The molecule has 1 aromatic heterocycles. The average Bonchev–Trinajstić information content (AvgIpc) is 2.57. The Kier molecular flexibility index (Phi) is 6.26. The van der Waals surface area contributed by atoms with Crippen LogP contribution in [-0.4, -0.2) is 30.6 Å². The molecular weight excluding hydrogens is 421 g/mol. The molecule has 0 N–H and O–H groups in total. The molecule has 1 heterocycles. The number of carbonyl (C=O) groups excluding carboxylic acids is 1. The Bertz CT molecular complexity index is 769. The molecule has 24 heavy (non-hydrogen) atoms. The minimum atomic E-state index is -0.457. The van der Waals surface area contributed by atoms with Crippen LogP contribution in [0.4, 0.5) is 5.69 Å². The lowest BCUT2D eigenvalue weighted by atomic mass is 9.97. The van der Waals surface area contributed by atoms with Gasteiger partial charge in [-0.05, 0) is 32.4 Å². The van der Waals surface area contributed by atoms with Crippen LogP contribution in [0, 0.1) is 5.41 Å². The van der Waals surface area contributed by atoms with E-state index in [0.717, 1.165) is 15.5 Å². The molecule has 2 rings (SSSR count). The number of hydrogen-bond donors (Lipinski definition) is 0. The van der Waals surface area contributed by atoms with Gasteiger partial charge in [0.1, 0.15) is 5.58 Å². The molecule has 0 aliphatic heterocycles. The number of esters is 1. The molecule has 0 fully saturated rings. The normalized spacial score (nSPS) is 11.5. The van der Waals surface area contributed by atoms with E-state index in [1.807, 2.05) is 44.0 Å². The maximum absolute atomic E-state index is 11.9. The summed E-state index contributed by atoms with van der Waals surface area (Å²) in [5.41, 5.74) is 0.565. The largest absolute Gasteiger partial charge is 0.465 e. The summed E-state index contributed by atoms with van der Waals surface area (Å²) in [6, 6.07) is 8.94. The van der Waals surface area contributed by atoms with Crippen LogP contribution in [0.3, 0.4) is 0 Å². The van der Waals surface area contributed by atoms with Gasteiger partial charge in [-0.15, -0.1) is 0 Å². The number of ether oxygens (including phenoxy) is 1. The summed E-state index contributed by atoms with van der Waals surface area (Å²) < 4.78 is 11.3. The van der Waals surface area contributed by atoms with Gasteiger partial charge in [0.15, 0.2) is 0 Å². The van der Waals surface area contributed by atoms with Gasteiger partial charge >= 0.3 is 11.6 Å². The first-order valence-electron chi connectivity index (χ1n) is 7.82. The lowest BCUT2D eigenvalue weighted by molar-refractivity contribution is -0.152. The third-order valence-electron chi connectivity index (χ3n) is 3.80. The molecule has 6 heteroatoms. The van der Waals surface area contributed by atoms with Gasteiger partial charge in [0.2, 0.25) is 0 Å². The zero-order valence-electron chi connectivity index (χ0n) is 14.2. The Labute approximate surface area is 155 Å². The molecule has 0 bridgehead atoms. The van der Waals surface area contributed by atoms with E-state index in [4.69, 9.17) is 9.15 Å². The third kappa shape index (κ3) is 4.49. The molecule has 5 nitrogen and oxygen atoms in total. The van der Waals surface area contributed by atoms with Crippen molar-refractivity contribution < 1.29 is 13.9 Å². The second-order valence-electron chi connectivity index (χ2n) is 6.38. The van der Waals surface area contributed by atoms with Gasteiger partial charge in [0.25, 0.3) is 0 Å². The van der Waals surface area contributed by atoms with E-state index in [-0.39, 0.29) is 11.6 Å². The Morgan fingerprint density at radius 1 is 1.33 bits per heavy atom. The number of alkyl halides is 1. The quantitative estimate of drug-likeness (QED) is 0.215. The van der Waals surface area contributed by atoms with Crippen molar-refractivity contribution in [1.29, 1.82) is 0 Å². The van der Waals surface area contributed by atoms with Crippen molar-refractivity contribution >= 4 is 45.2 Å². The fourth-order valence-electron chi connectivity index (χ4n) is 2.25. The summed E-state index contributed by atoms with van der Waals surface area (Å²) in [5, 5.41) is 0.891. The van der Waals surface area contributed by atoms with Gasteiger partial charge in [-0.25, -0.2) is 4.79 Å². The van der Waals surface area contributed by atoms with Crippen molar-refractivity contribution in [2.75, 3.05) is 29.5 Å². The first kappa shape index (κ1) is 18.8. The monoisotopic (exact) mass is 443 g/mol. The molecule has 0 atom stereocenters. The van der Waals surface area contributed by atoms with Crippen LogP contribution in [0.2, 0.25) is 0 Å². The topological polar surface area (TPSA) is 59.8 Å². The number of benzene rings is 1. The highest BCUT2D eigenvalue weighted by Gasteiger charge is 2.27. The van der Waals surface area contributed by atoms with Crippen molar-refractivity contribution in [3.8, 4) is 0 Å². The molecule has 0 aliphatic carbocycles. The fourth-order valence-corrected chi connectivity index (χ4v) is 2.56. The number of anilines is 1. The Balaban J connectivity index is 1.98. The highest BCUT2D eigenvalue weighted by atomic mass is 127. The number of nitrogens with zero attached hydrogens (tertiary/aromatic N) is 1. The number of hydrogen-bond acceptors (Lipinski definition) is 5.